The third-order valence-corrected chi connectivity index (χ3v) is 3.58. The van der Waals surface area contributed by atoms with Gasteiger partial charge < -0.3 is 15.2 Å². The smallest absolute Gasteiger partial charge is 0.251 e. The Labute approximate surface area is 124 Å². The van der Waals surface area contributed by atoms with E-state index in [-0.39, 0.29) is 11.8 Å². The van der Waals surface area contributed by atoms with Crippen LogP contribution in [0.1, 0.15) is 30.6 Å². The Morgan fingerprint density at radius 3 is 2.67 bits per heavy atom. The molecule has 1 aromatic carbocycles. The topological polar surface area (TPSA) is 65.2 Å². The van der Waals surface area contributed by atoms with Crippen molar-refractivity contribution in [3.05, 3.63) is 36.0 Å². The highest BCUT2D eigenvalue weighted by atomic mass is 16.2. The zero-order chi connectivity index (χ0) is 15.2. The molecule has 0 atom stereocenters. The van der Waals surface area contributed by atoms with E-state index < -0.39 is 0 Å². The molecule has 0 fully saturated rings. The van der Waals surface area contributed by atoms with Crippen LogP contribution in [0.5, 0.6) is 0 Å². The summed E-state index contributed by atoms with van der Waals surface area (Å²) in [6, 6.07) is 7.44. The monoisotopic (exact) mass is 287 g/mol. The molecule has 5 heteroatoms. The van der Waals surface area contributed by atoms with E-state index in [0.29, 0.717) is 31.6 Å². The predicted octanol–water partition coefficient (Wildman–Crippen LogP) is 2.16. The SMILES string of the molecule is CCN(CC)C(=O)CCNC(=O)c1cccc2[nH]ccc12. The van der Waals surface area contributed by atoms with Crippen LogP contribution in [-0.4, -0.2) is 41.3 Å². The van der Waals surface area contributed by atoms with E-state index in [9.17, 15) is 9.59 Å². The molecule has 2 aromatic rings. The van der Waals surface area contributed by atoms with E-state index in [4.69, 9.17) is 0 Å². The van der Waals surface area contributed by atoms with Gasteiger partial charge in [-0.25, -0.2) is 0 Å². The van der Waals surface area contributed by atoms with Crippen molar-refractivity contribution in [3.63, 3.8) is 0 Å². The fraction of sp³-hybridized carbons (Fsp3) is 0.375. The zero-order valence-electron chi connectivity index (χ0n) is 12.5. The first kappa shape index (κ1) is 15.1. The maximum atomic E-state index is 12.2. The predicted molar refractivity (Wildman–Crippen MR) is 83.2 cm³/mol. The Hall–Kier alpha value is -2.30. The van der Waals surface area contributed by atoms with Gasteiger partial charge in [0.2, 0.25) is 5.91 Å². The number of H-pyrrole nitrogens is 1. The van der Waals surface area contributed by atoms with Crippen molar-refractivity contribution in [1.29, 1.82) is 0 Å². The van der Waals surface area contributed by atoms with Crippen LogP contribution >= 0.6 is 0 Å². The van der Waals surface area contributed by atoms with Crippen LogP contribution in [0.25, 0.3) is 10.9 Å². The van der Waals surface area contributed by atoms with Crippen molar-refractivity contribution >= 4 is 22.7 Å². The fourth-order valence-electron chi connectivity index (χ4n) is 2.40. The molecule has 112 valence electrons. The van der Waals surface area contributed by atoms with Crippen molar-refractivity contribution in [2.75, 3.05) is 19.6 Å². The van der Waals surface area contributed by atoms with Crippen LogP contribution in [0.2, 0.25) is 0 Å². The highest BCUT2D eigenvalue weighted by Gasteiger charge is 2.12. The summed E-state index contributed by atoms with van der Waals surface area (Å²) in [5.74, 6) is -0.0762. The van der Waals surface area contributed by atoms with Crippen LogP contribution in [0.15, 0.2) is 30.5 Å². The van der Waals surface area contributed by atoms with Crippen molar-refractivity contribution < 1.29 is 9.59 Å². The van der Waals surface area contributed by atoms with Crippen molar-refractivity contribution in [1.82, 2.24) is 15.2 Å². The van der Waals surface area contributed by atoms with Crippen LogP contribution in [0.4, 0.5) is 0 Å². The first-order valence-corrected chi connectivity index (χ1v) is 7.29. The number of aromatic nitrogens is 1. The molecule has 1 heterocycles. The maximum Gasteiger partial charge on any atom is 0.251 e. The number of amides is 2. The van der Waals surface area contributed by atoms with Crippen molar-refractivity contribution in [3.8, 4) is 0 Å². The first-order chi connectivity index (χ1) is 10.2. The molecule has 0 radical (unpaired) electrons. The normalized spacial score (nSPS) is 10.6. The number of aromatic amines is 1. The Morgan fingerprint density at radius 2 is 1.95 bits per heavy atom. The van der Waals surface area contributed by atoms with Gasteiger partial charge in [-0.1, -0.05) is 6.07 Å². The van der Waals surface area contributed by atoms with Gasteiger partial charge >= 0.3 is 0 Å². The number of hydrogen-bond donors (Lipinski definition) is 2. The molecule has 0 saturated heterocycles. The molecule has 2 amide bonds. The van der Waals surface area contributed by atoms with Gasteiger partial charge in [0.25, 0.3) is 5.91 Å². The van der Waals surface area contributed by atoms with Gasteiger partial charge in [0.05, 0.1) is 0 Å². The lowest BCUT2D eigenvalue weighted by atomic mass is 10.1. The van der Waals surface area contributed by atoms with Gasteiger partial charge in [0.1, 0.15) is 0 Å². The number of nitrogens with zero attached hydrogens (tertiary/aromatic N) is 1. The number of rotatable bonds is 6. The van der Waals surface area contributed by atoms with Crippen LogP contribution < -0.4 is 5.32 Å². The lowest BCUT2D eigenvalue weighted by Crippen LogP contribution is -2.34. The molecular weight excluding hydrogens is 266 g/mol. The highest BCUT2D eigenvalue weighted by molar-refractivity contribution is 6.06. The second-order valence-corrected chi connectivity index (χ2v) is 4.82. The minimum absolute atomic E-state index is 0.0696. The summed E-state index contributed by atoms with van der Waals surface area (Å²) in [4.78, 5) is 28.9. The molecule has 0 bridgehead atoms. The number of fused-ring (bicyclic) bond motifs is 1. The number of hydrogen-bond acceptors (Lipinski definition) is 2. The van der Waals surface area contributed by atoms with E-state index in [1.807, 2.05) is 38.2 Å². The molecule has 0 aliphatic rings. The molecule has 0 unspecified atom stereocenters. The second kappa shape index (κ2) is 6.92. The third-order valence-electron chi connectivity index (χ3n) is 3.58. The lowest BCUT2D eigenvalue weighted by Gasteiger charge is -2.18. The zero-order valence-corrected chi connectivity index (χ0v) is 12.5. The quantitative estimate of drug-likeness (QED) is 0.855. The van der Waals surface area contributed by atoms with Gasteiger partial charge in [-0.3, -0.25) is 9.59 Å². The molecule has 2 rings (SSSR count). The molecular formula is C16H21N3O2. The average molecular weight is 287 g/mol. The fourth-order valence-corrected chi connectivity index (χ4v) is 2.40. The van der Waals surface area contributed by atoms with Crippen LogP contribution in [0.3, 0.4) is 0 Å². The molecule has 0 aliphatic heterocycles. The number of carbonyl (C=O) groups excluding carboxylic acids is 2. The molecule has 0 spiro atoms. The molecule has 5 nitrogen and oxygen atoms in total. The Balaban J connectivity index is 1.93. The average Bonchev–Trinajstić information content (AvgIpc) is 2.96. The highest BCUT2D eigenvalue weighted by Crippen LogP contribution is 2.17. The molecule has 0 saturated carbocycles. The number of nitrogens with one attached hydrogen (secondary N) is 2. The van der Waals surface area contributed by atoms with Gasteiger partial charge in [-0.15, -0.1) is 0 Å². The van der Waals surface area contributed by atoms with Crippen molar-refractivity contribution in [2.45, 2.75) is 20.3 Å². The standard InChI is InChI=1S/C16H21N3O2/c1-3-19(4-2)15(20)9-11-18-16(21)13-6-5-7-14-12(13)8-10-17-14/h5-8,10,17H,3-4,9,11H2,1-2H3,(H,18,21). The number of carbonyl (C=O) groups is 2. The Morgan fingerprint density at radius 1 is 1.19 bits per heavy atom. The van der Waals surface area contributed by atoms with Gasteiger partial charge in [-0.05, 0) is 32.0 Å². The van der Waals surface area contributed by atoms with E-state index >= 15 is 0 Å². The lowest BCUT2D eigenvalue weighted by molar-refractivity contribution is -0.130. The molecule has 0 aliphatic carbocycles. The molecule has 1 aromatic heterocycles. The molecule has 2 N–H and O–H groups in total. The summed E-state index contributed by atoms with van der Waals surface area (Å²) in [5.41, 5.74) is 1.56. The Bertz CT molecular complexity index is 629. The van der Waals surface area contributed by atoms with Crippen LogP contribution in [0, 0.1) is 0 Å². The summed E-state index contributed by atoms with van der Waals surface area (Å²) in [7, 11) is 0. The largest absolute Gasteiger partial charge is 0.361 e. The number of benzene rings is 1. The van der Waals surface area contributed by atoms with E-state index in [2.05, 4.69) is 10.3 Å². The van der Waals surface area contributed by atoms with Crippen LogP contribution in [-0.2, 0) is 4.79 Å². The Kier molecular flexibility index (Phi) is 4.98. The summed E-state index contributed by atoms with van der Waals surface area (Å²) in [6.45, 7) is 5.66. The first-order valence-electron chi connectivity index (χ1n) is 7.29. The summed E-state index contributed by atoms with van der Waals surface area (Å²) < 4.78 is 0. The molecule has 21 heavy (non-hydrogen) atoms. The second-order valence-electron chi connectivity index (χ2n) is 4.82. The van der Waals surface area contributed by atoms with Gasteiger partial charge in [0, 0.05) is 48.7 Å². The summed E-state index contributed by atoms with van der Waals surface area (Å²) in [6.07, 6.45) is 2.14. The minimum atomic E-state index is -0.146. The van der Waals surface area contributed by atoms with E-state index in [1.165, 1.54) is 0 Å². The summed E-state index contributed by atoms with van der Waals surface area (Å²) >= 11 is 0. The van der Waals surface area contributed by atoms with E-state index in [1.54, 1.807) is 11.0 Å². The maximum absolute atomic E-state index is 12.2. The third kappa shape index (κ3) is 3.42. The van der Waals surface area contributed by atoms with Crippen molar-refractivity contribution in [2.24, 2.45) is 0 Å². The minimum Gasteiger partial charge on any atom is -0.361 e. The van der Waals surface area contributed by atoms with Gasteiger partial charge in [-0.2, -0.15) is 0 Å². The van der Waals surface area contributed by atoms with E-state index in [0.717, 1.165) is 10.9 Å². The summed E-state index contributed by atoms with van der Waals surface area (Å²) in [5, 5.41) is 3.71. The van der Waals surface area contributed by atoms with Gasteiger partial charge in [0.15, 0.2) is 0 Å².